The van der Waals surface area contributed by atoms with Crippen molar-refractivity contribution in [3.8, 4) is 17.2 Å². The van der Waals surface area contributed by atoms with Gasteiger partial charge in [0.25, 0.3) is 0 Å². The first-order valence-electron chi connectivity index (χ1n) is 10.5. The Morgan fingerprint density at radius 1 is 0.667 bits per heavy atom. The van der Waals surface area contributed by atoms with Crippen molar-refractivity contribution < 1.29 is 19.1 Å². The van der Waals surface area contributed by atoms with Crippen LogP contribution in [0.1, 0.15) is 0 Å². The number of hydrogen-bond acceptors (Lipinski definition) is 8. The Balaban J connectivity index is 2.14. The molecule has 0 saturated heterocycles. The minimum absolute atomic E-state index is 0.134. The summed E-state index contributed by atoms with van der Waals surface area (Å²) >= 11 is 12.4. The Kier molecular flexibility index (Phi) is 9.26. The molecule has 0 radical (unpaired) electrons. The topological polar surface area (TPSA) is 107 Å². The lowest BCUT2D eigenvalue weighted by molar-refractivity contribution is -0.412. The van der Waals surface area contributed by atoms with Gasteiger partial charge < -0.3 is 30.2 Å². The molecule has 36 heavy (non-hydrogen) atoms. The van der Waals surface area contributed by atoms with Crippen molar-refractivity contribution in [1.29, 1.82) is 0 Å². The van der Waals surface area contributed by atoms with Crippen LogP contribution < -0.4 is 30.2 Å². The van der Waals surface area contributed by atoms with E-state index in [1.165, 1.54) is 0 Å². The molecule has 0 aliphatic carbocycles. The Morgan fingerprint density at radius 3 is 1.31 bits per heavy atom. The molecular formula is C25H24Cl2N4O5. The van der Waals surface area contributed by atoms with E-state index in [9.17, 15) is 10.1 Å². The molecule has 0 spiro atoms. The fourth-order valence-electron chi connectivity index (χ4n) is 3.02. The van der Waals surface area contributed by atoms with E-state index in [4.69, 9.17) is 37.4 Å². The van der Waals surface area contributed by atoms with E-state index in [1.807, 2.05) is 0 Å². The number of anilines is 3. The van der Waals surface area contributed by atoms with E-state index in [0.29, 0.717) is 40.1 Å². The molecule has 9 nitrogen and oxygen atoms in total. The normalized spacial score (nSPS) is 11.0. The molecule has 0 aromatic heterocycles. The monoisotopic (exact) mass is 530 g/mol. The highest BCUT2D eigenvalue weighted by atomic mass is 35.5. The van der Waals surface area contributed by atoms with E-state index in [-0.39, 0.29) is 10.7 Å². The number of nitrogens with one attached hydrogen (secondary N) is 3. The maximum absolute atomic E-state index is 11.5. The van der Waals surface area contributed by atoms with Crippen LogP contribution in [-0.2, 0) is 0 Å². The predicted molar refractivity (Wildman–Crippen MR) is 143 cm³/mol. The smallest absolute Gasteiger partial charge is 0.358 e. The van der Waals surface area contributed by atoms with Crippen LogP contribution in [0.25, 0.3) is 0 Å². The lowest BCUT2D eigenvalue weighted by Crippen LogP contribution is -2.18. The zero-order chi connectivity index (χ0) is 26.1. The van der Waals surface area contributed by atoms with Crippen molar-refractivity contribution in [3.05, 3.63) is 105 Å². The zero-order valence-electron chi connectivity index (χ0n) is 19.7. The maximum atomic E-state index is 11.5. The van der Waals surface area contributed by atoms with Gasteiger partial charge in [-0.15, -0.1) is 0 Å². The van der Waals surface area contributed by atoms with Crippen molar-refractivity contribution >= 4 is 40.3 Å². The molecule has 0 unspecified atom stereocenters. The van der Waals surface area contributed by atoms with E-state index < -0.39 is 10.1 Å². The first-order valence-corrected chi connectivity index (χ1v) is 11.3. The molecule has 3 N–H and O–H groups in total. The average Bonchev–Trinajstić information content (AvgIpc) is 2.91. The number of rotatable bonds is 11. The lowest BCUT2D eigenvalue weighted by atomic mass is 10.2. The largest absolute Gasteiger partial charge is 0.497 e. The Morgan fingerprint density at radius 2 is 1.00 bits per heavy atom. The second-order valence-corrected chi connectivity index (χ2v) is 7.91. The van der Waals surface area contributed by atoms with Gasteiger partial charge in [0.05, 0.1) is 26.3 Å². The highest BCUT2D eigenvalue weighted by Crippen LogP contribution is 2.30. The minimum Gasteiger partial charge on any atom is -0.497 e. The molecule has 3 rings (SSSR count). The van der Waals surface area contributed by atoms with Gasteiger partial charge >= 0.3 is 5.16 Å². The first-order chi connectivity index (χ1) is 17.3. The number of hydrogen-bond donors (Lipinski definition) is 3. The summed E-state index contributed by atoms with van der Waals surface area (Å²) in [5.41, 5.74) is 2.03. The third-order valence-electron chi connectivity index (χ3n) is 4.89. The van der Waals surface area contributed by atoms with Crippen LogP contribution in [0.4, 0.5) is 17.1 Å². The highest BCUT2D eigenvalue weighted by Gasteiger charge is 2.22. The standard InChI is InChI=1S/C25H24Cl2N4O5/c1-34-19-10-4-16(5-11-19)28-23(22(26)24(27)31(32)33)25(29-17-6-12-20(35-2)13-7-17)30-18-8-14-21(36-3)15-9-18/h4-15,28-30H,1-3H3/b24-22+. The van der Waals surface area contributed by atoms with Gasteiger partial charge in [-0.05, 0) is 84.4 Å². The third kappa shape index (κ3) is 6.97. The molecule has 11 heteroatoms. The molecule has 3 aromatic rings. The Bertz CT molecular complexity index is 1190. The number of benzene rings is 3. The fraction of sp³-hybridized carbons (Fsp3) is 0.120. The number of nitro groups is 1. The number of ether oxygens (including phenoxy) is 3. The van der Waals surface area contributed by atoms with E-state index in [2.05, 4.69) is 16.0 Å². The number of halogens is 2. The maximum Gasteiger partial charge on any atom is 0.358 e. The average molecular weight is 531 g/mol. The van der Waals surface area contributed by atoms with Crippen LogP contribution in [0, 0.1) is 10.1 Å². The van der Waals surface area contributed by atoms with Gasteiger partial charge in [0.1, 0.15) is 28.8 Å². The fourth-order valence-corrected chi connectivity index (χ4v) is 3.33. The van der Waals surface area contributed by atoms with Gasteiger partial charge in [-0.3, -0.25) is 10.1 Å². The summed E-state index contributed by atoms with van der Waals surface area (Å²) in [5.74, 6) is 2.27. The van der Waals surface area contributed by atoms with Gasteiger partial charge in [-0.2, -0.15) is 0 Å². The van der Waals surface area contributed by atoms with Crippen LogP contribution >= 0.6 is 23.2 Å². The zero-order valence-corrected chi connectivity index (χ0v) is 21.2. The third-order valence-corrected chi connectivity index (χ3v) is 5.68. The molecule has 0 bridgehead atoms. The van der Waals surface area contributed by atoms with Crippen LogP contribution in [0.2, 0.25) is 0 Å². The first kappa shape index (κ1) is 26.5. The van der Waals surface area contributed by atoms with Crippen molar-refractivity contribution in [1.82, 2.24) is 0 Å². The van der Waals surface area contributed by atoms with E-state index in [0.717, 1.165) is 0 Å². The van der Waals surface area contributed by atoms with Gasteiger partial charge in [-0.1, -0.05) is 11.6 Å². The molecule has 0 heterocycles. The molecule has 0 atom stereocenters. The Hall–Kier alpha value is -4.08. The lowest BCUT2D eigenvalue weighted by Gasteiger charge is -2.20. The van der Waals surface area contributed by atoms with Crippen LogP contribution in [-0.4, -0.2) is 26.3 Å². The number of allylic oxidation sites excluding steroid dienone is 1. The molecular weight excluding hydrogens is 507 g/mol. The summed E-state index contributed by atoms with van der Waals surface area (Å²) in [6.45, 7) is 0. The SMILES string of the molecule is COc1ccc(NC(Nc2ccc(OC)cc2)=C(Nc2ccc(OC)cc2)/C(Cl)=C(/Cl)[N+](=O)[O-])cc1. The van der Waals surface area contributed by atoms with Crippen LogP contribution in [0.5, 0.6) is 17.2 Å². The summed E-state index contributed by atoms with van der Waals surface area (Å²) in [4.78, 5) is 10.7. The van der Waals surface area contributed by atoms with Crippen LogP contribution in [0.15, 0.2) is 94.5 Å². The van der Waals surface area contributed by atoms with Gasteiger partial charge in [0, 0.05) is 17.1 Å². The van der Waals surface area contributed by atoms with E-state index >= 15 is 0 Å². The summed E-state index contributed by atoms with van der Waals surface area (Å²) < 4.78 is 15.6. The second kappa shape index (κ2) is 12.6. The number of methoxy groups -OCH3 is 3. The molecule has 0 aliphatic heterocycles. The molecule has 0 amide bonds. The predicted octanol–water partition coefficient (Wildman–Crippen LogP) is 6.44. The summed E-state index contributed by atoms with van der Waals surface area (Å²) in [6.07, 6.45) is 0. The second-order valence-electron chi connectivity index (χ2n) is 7.17. The Labute approximate surface area is 218 Å². The van der Waals surface area contributed by atoms with E-state index in [1.54, 1.807) is 94.1 Å². The number of nitrogens with zero attached hydrogens (tertiary/aromatic N) is 1. The molecule has 3 aromatic carbocycles. The van der Waals surface area contributed by atoms with Gasteiger partial charge in [0.15, 0.2) is 5.03 Å². The van der Waals surface area contributed by atoms with Crippen LogP contribution in [0.3, 0.4) is 0 Å². The van der Waals surface area contributed by atoms with Crippen molar-refractivity contribution in [3.63, 3.8) is 0 Å². The minimum atomic E-state index is -0.766. The molecule has 0 aliphatic rings. The highest BCUT2D eigenvalue weighted by molar-refractivity contribution is 6.40. The summed E-state index contributed by atoms with van der Waals surface area (Å²) in [6, 6.07) is 21.2. The summed E-state index contributed by atoms with van der Waals surface area (Å²) in [5, 5.41) is 20.0. The quantitative estimate of drug-likeness (QED) is 0.112. The molecule has 0 saturated carbocycles. The van der Waals surface area contributed by atoms with Gasteiger partial charge in [-0.25, -0.2) is 0 Å². The van der Waals surface area contributed by atoms with Crippen molar-refractivity contribution in [2.75, 3.05) is 37.3 Å². The van der Waals surface area contributed by atoms with Gasteiger partial charge in [0.2, 0.25) is 0 Å². The molecule has 188 valence electrons. The molecule has 0 fully saturated rings. The summed E-state index contributed by atoms with van der Waals surface area (Å²) in [7, 11) is 4.69. The van der Waals surface area contributed by atoms with Crippen molar-refractivity contribution in [2.24, 2.45) is 0 Å². The van der Waals surface area contributed by atoms with Crippen molar-refractivity contribution in [2.45, 2.75) is 0 Å².